The summed E-state index contributed by atoms with van der Waals surface area (Å²) in [7, 11) is 1.73. The van der Waals surface area contributed by atoms with Gasteiger partial charge in [0.2, 0.25) is 0 Å². The van der Waals surface area contributed by atoms with Crippen molar-refractivity contribution in [2.24, 2.45) is 0 Å². The van der Waals surface area contributed by atoms with Crippen molar-refractivity contribution in [1.29, 1.82) is 0 Å². The number of hydrogen-bond donors (Lipinski definition) is 1. The fourth-order valence-corrected chi connectivity index (χ4v) is 1.60. The molecule has 0 saturated heterocycles. The quantitative estimate of drug-likeness (QED) is 0.829. The lowest BCUT2D eigenvalue weighted by Gasteiger charge is -2.22. The molecule has 2 heteroatoms. The van der Waals surface area contributed by atoms with Gasteiger partial charge >= 0.3 is 0 Å². The summed E-state index contributed by atoms with van der Waals surface area (Å²) in [6, 6.07) is 8.41. The van der Waals surface area contributed by atoms with E-state index >= 15 is 0 Å². The molecule has 0 bridgehead atoms. The lowest BCUT2D eigenvalue weighted by molar-refractivity contribution is 0.119. The highest BCUT2D eigenvalue weighted by atomic mass is 16.5. The number of benzene rings is 1. The molecule has 0 aliphatic rings. The smallest absolute Gasteiger partial charge is 0.0583 e. The molecule has 1 rings (SSSR count). The van der Waals surface area contributed by atoms with Gasteiger partial charge in [0, 0.05) is 12.5 Å². The number of methoxy groups -OCH3 is 1. The van der Waals surface area contributed by atoms with Crippen LogP contribution in [0.5, 0.6) is 0 Å². The van der Waals surface area contributed by atoms with E-state index in [1.807, 2.05) is 13.8 Å². The minimum Gasteiger partial charge on any atom is -0.395 e. The average Bonchev–Trinajstić information content (AvgIpc) is 2.29. The van der Waals surface area contributed by atoms with Crippen molar-refractivity contribution in [2.45, 2.75) is 38.7 Å². The van der Waals surface area contributed by atoms with Gasteiger partial charge in [0.1, 0.15) is 0 Å². The van der Waals surface area contributed by atoms with Gasteiger partial charge in [-0.05, 0) is 24.5 Å². The van der Waals surface area contributed by atoms with Crippen molar-refractivity contribution in [3.8, 4) is 0 Å². The monoisotopic (exact) mass is 222 g/mol. The summed E-state index contributed by atoms with van der Waals surface area (Å²) >= 11 is 0. The van der Waals surface area contributed by atoms with Crippen molar-refractivity contribution in [1.82, 2.24) is 0 Å². The number of hydrogen-bond acceptors (Lipinski definition) is 2. The first-order chi connectivity index (χ1) is 7.49. The fraction of sp³-hybridized carbons (Fsp3) is 0.571. The summed E-state index contributed by atoms with van der Waals surface area (Å²) < 4.78 is 5.23. The summed E-state index contributed by atoms with van der Waals surface area (Å²) in [5, 5.41) is 9.28. The number of rotatable bonds is 5. The molecule has 1 aromatic rings. The van der Waals surface area contributed by atoms with Crippen LogP contribution in [-0.2, 0) is 16.6 Å². The zero-order valence-corrected chi connectivity index (χ0v) is 10.7. The van der Waals surface area contributed by atoms with Crippen molar-refractivity contribution >= 4 is 0 Å². The number of aliphatic hydroxyl groups excluding tert-OH is 1. The minimum atomic E-state index is -0.161. The molecule has 0 fully saturated rings. The maximum absolute atomic E-state index is 9.28. The molecular weight excluding hydrogens is 200 g/mol. The molecule has 1 atom stereocenters. The third kappa shape index (κ3) is 3.32. The van der Waals surface area contributed by atoms with Crippen LogP contribution in [0.15, 0.2) is 24.3 Å². The van der Waals surface area contributed by atoms with Crippen molar-refractivity contribution in [3.05, 3.63) is 35.4 Å². The van der Waals surface area contributed by atoms with E-state index in [9.17, 15) is 5.11 Å². The molecule has 0 heterocycles. The maximum Gasteiger partial charge on any atom is 0.0583 e. The first kappa shape index (κ1) is 13.2. The van der Waals surface area contributed by atoms with Crippen molar-refractivity contribution in [3.63, 3.8) is 0 Å². The van der Waals surface area contributed by atoms with Gasteiger partial charge in [0.05, 0.1) is 12.7 Å². The standard InChI is InChI=1S/C14H22O2/c1-11(16-4)9-12-5-7-13(8-6-12)14(2,3)10-15/h5-8,11,15H,9-10H2,1-4H3. The molecular formula is C14H22O2. The molecule has 1 N–H and O–H groups in total. The van der Waals surface area contributed by atoms with Gasteiger partial charge in [0.25, 0.3) is 0 Å². The molecule has 0 amide bonds. The van der Waals surface area contributed by atoms with E-state index < -0.39 is 0 Å². The van der Waals surface area contributed by atoms with Gasteiger partial charge in [-0.25, -0.2) is 0 Å². The topological polar surface area (TPSA) is 29.5 Å². The van der Waals surface area contributed by atoms with Crippen LogP contribution >= 0.6 is 0 Å². The predicted octanol–water partition coefficient (Wildman–Crippen LogP) is 2.53. The van der Waals surface area contributed by atoms with Crippen LogP contribution in [0.4, 0.5) is 0 Å². The van der Waals surface area contributed by atoms with E-state index in [0.717, 1.165) is 6.42 Å². The summed E-state index contributed by atoms with van der Waals surface area (Å²) in [6.07, 6.45) is 1.17. The molecule has 16 heavy (non-hydrogen) atoms. The van der Waals surface area contributed by atoms with Crippen LogP contribution < -0.4 is 0 Å². The highest BCUT2D eigenvalue weighted by molar-refractivity contribution is 5.28. The molecule has 1 aromatic carbocycles. The van der Waals surface area contributed by atoms with Crippen molar-refractivity contribution in [2.75, 3.05) is 13.7 Å². The second-order valence-corrected chi connectivity index (χ2v) is 4.99. The van der Waals surface area contributed by atoms with E-state index in [1.54, 1.807) is 7.11 Å². The lowest BCUT2D eigenvalue weighted by Crippen LogP contribution is -2.21. The van der Waals surface area contributed by atoms with Gasteiger partial charge in [0.15, 0.2) is 0 Å². The second kappa shape index (κ2) is 5.46. The predicted molar refractivity (Wildman–Crippen MR) is 66.7 cm³/mol. The molecule has 0 spiro atoms. The van der Waals surface area contributed by atoms with E-state index in [0.29, 0.717) is 0 Å². The Morgan fingerprint density at radius 3 is 2.25 bits per heavy atom. The Morgan fingerprint density at radius 2 is 1.81 bits per heavy atom. The normalized spacial score (nSPS) is 13.8. The molecule has 2 nitrogen and oxygen atoms in total. The Balaban J connectivity index is 2.75. The molecule has 1 unspecified atom stereocenters. The summed E-state index contributed by atoms with van der Waals surface area (Å²) in [4.78, 5) is 0. The van der Waals surface area contributed by atoms with E-state index in [4.69, 9.17) is 4.74 Å². The van der Waals surface area contributed by atoms with Gasteiger partial charge in [-0.2, -0.15) is 0 Å². The molecule has 0 aliphatic heterocycles. The average molecular weight is 222 g/mol. The zero-order valence-electron chi connectivity index (χ0n) is 10.7. The first-order valence-corrected chi connectivity index (χ1v) is 5.72. The SMILES string of the molecule is COC(C)Cc1ccc(C(C)(C)CO)cc1. The summed E-state index contributed by atoms with van der Waals surface area (Å²) in [5.41, 5.74) is 2.28. The number of ether oxygens (including phenoxy) is 1. The van der Waals surface area contributed by atoms with Crippen LogP contribution in [0.1, 0.15) is 31.9 Å². The molecule has 90 valence electrons. The van der Waals surface area contributed by atoms with Crippen LogP contribution in [0.3, 0.4) is 0 Å². The van der Waals surface area contributed by atoms with Crippen LogP contribution in [-0.4, -0.2) is 24.9 Å². The molecule has 0 aliphatic carbocycles. The Hall–Kier alpha value is -0.860. The van der Waals surface area contributed by atoms with Crippen LogP contribution in [0, 0.1) is 0 Å². The van der Waals surface area contributed by atoms with Gasteiger partial charge in [-0.3, -0.25) is 0 Å². The lowest BCUT2D eigenvalue weighted by atomic mass is 9.85. The Bertz CT molecular complexity index is 314. The minimum absolute atomic E-state index is 0.161. The molecule has 0 radical (unpaired) electrons. The zero-order chi connectivity index (χ0) is 12.2. The van der Waals surface area contributed by atoms with Gasteiger partial charge in [-0.1, -0.05) is 38.1 Å². The van der Waals surface area contributed by atoms with Gasteiger partial charge < -0.3 is 9.84 Å². The molecule has 0 aromatic heterocycles. The summed E-state index contributed by atoms with van der Waals surface area (Å²) in [6.45, 7) is 6.31. The Kier molecular flexibility index (Phi) is 4.51. The van der Waals surface area contributed by atoms with E-state index in [2.05, 4.69) is 31.2 Å². The van der Waals surface area contributed by atoms with Gasteiger partial charge in [-0.15, -0.1) is 0 Å². The highest BCUT2D eigenvalue weighted by Crippen LogP contribution is 2.22. The van der Waals surface area contributed by atoms with Crippen LogP contribution in [0.2, 0.25) is 0 Å². The first-order valence-electron chi connectivity index (χ1n) is 5.72. The van der Waals surface area contributed by atoms with E-state index in [-0.39, 0.29) is 18.1 Å². The third-order valence-corrected chi connectivity index (χ3v) is 3.06. The maximum atomic E-state index is 9.28. The Morgan fingerprint density at radius 1 is 1.25 bits per heavy atom. The second-order valence-electron chi connectivity index (χ2n) is 4.99. The molecule has 0 saturated carbocycles. The van der Waals surface area contributed by atoms with Crippen molar-refractivity contribution < 1.29 is 9.84 Å². The van der Waals surface area contributed by atoms with Crippen LogP contribution in [0.25, 0.3) is 0 Å². The van der Waals surface area contributed by atoms with E-state index in [1.165, 1.54) is 11.1 Å². The fourth-order valence-electron chi connectivity index (χ4n) is 1.60. The third-order valence-electron chi connectivity index (χ3n) is 3.06. The highest BCUT2D eigenvalue weighted by Gasteiger charge is 2.18. The largest absolute Gasteiger partial charge is 0.395 e. The Labute approximate surface area is 98.3 Å². The number of aliphatic hydroxyl groups is 1. The summed E-state index contributed by atoms with van der Waals surface area (Å²) in [5.74, 6) is 0.